The molecule has 0 saturated carbocycles. The Kier molecular flexibility index (Phi) is 2.71. The van der Waals surface area contributed by atoms with E-state index in [2.05, 4.69) is 47.1 Å². The third-order valence-electron chi connectivity index (χ3n) is 3.61. The van der Waals surface area contributed by atoms with E-state index in [4.69, 9.17) is 0 Å². The van der Waals surface area contributed by atoms with Gasteiger partial charge in [-0.15, -0.1) is 0 Å². The van der Waals surface area contributed by atoms with Gasteiger partial charge in [0.1, 0.15) is 5.82 Å². The lowest BCUT2D eigenvalue weighted by Gasteiger charge is -2.32. The number of benzene rings is 1. The molecule has 2 aromatic rings. The zero-order valence-corrected chi connectivity index (χ0v) is 10.3. The second-order valence-corrected chi connectivity index (χ2v) is 5.05. The van der Waals surface area contributed by atoms with Gasteiger partial charge in [-0.25, -0.2) is 4.98 Å². The Morgan fingerprint density at radius 2 is 2.12 bits per heavy atom. The van der Waals surface area contributed by atoms with Crippen LogP contribution in [0.1, 0.15) is 19.8 Å². The van der Waals surface area contributed by atoms with Crippen LogP contribution >= 0.6 is 0 Å². The first-order valence-electron chi connectivity index (χ1n) is 6.43. The quantitative estimate of drug-likeness (QED) is 0.740. The summed E-state index contributed by atoms with van der Waals surface area (Å²) in [5.41, 5.74) is 0. The lowest BCUT2D eigenvalue weighted by Crippen LogP contribution is -2.34. The average Bonchev–Trinajstić information content (AvgIpc) is 2.38. The van der Waals surface area contributed by atoms with Gasteiger partial charge >= 0.3 is 0 Å². The van der Waals surface area contributed by atoms with Gasteiger partial charge in [-0.1, -0.05) is 31.2 Å². The number of hydrogen-bond acceptors (Lipinski definition) is 2. The molecule has 2 heterocycles. The summed E-state index contributed by atoms with van der Waals surface area (Å²) < 4.78 is 0. The molecule has 1 saturated heterocycles. The van der Waals surface area contributed by atoms with E-state index in [0.29, 0.717) is 0 Å². The van der Waals surface area contributed by atoms with Crippen LogP contribution in [0.4, 0.5) is 5.82 Å². The zero-order chi connectivity index (χ0) is 11.7. The zero-order valence-electron chi connectivity index (χ0n) is 10.3. The van der Waals surface area contributed by atoms with Crippen molar-refractivity contribution in [3.8, 4) is 0 Å². The van der Waals surface area contributed by atoms with Gasteiger partial charge < -0.3 is 4.90 Å². The molecule has 0 N–H and O–H groups in total. The fraction of sp³-hybridized carbons (Fsp3) is 0.400. The lowest BCUT2D eigenvalue weighted by atomic mass is 10.00. The van der Waals surface area contributed by atoms with Crippen LogP contribution in [0.15, 0.2) is 36.5 Å². The maximum absolute atomic E-state index is 4.59. The Morgan fingerprint density at radius 1 is 1.24 bits per heavy atom. The molecule has 1 aromatic heterocycles. The normalized spacial score (nSPS) is 20.8. The first-order valence-corrected chi connectivity index (χ1v) is 6.43. The molecule has 1 atom stereocenters. The molecule has 2 heteroatoms. The molecule has 0 amide bonds. The van der Waals surface area contributed by atoms with Crippen LogP contribution in [-0.2, 0) is 0 Å². The van der Waals surface area contributed by atoms with Crippen molar-refractivity contribution in [2.24, 2.45) is 5.92 Å². The van der Waals surface area contributed by atoms with Crippen molar-refractivity contribution in [2.45, 2.75) is 19.8 Å². The molecule has 17 heavy (non-hydrogen) atoms. The lowest BCUT2D eigenvalue weighted by molar-refractivity contribution is 0.445. The fourth-order valence-electron chi connectivity index (χ4n) is 2.74. The summed E-state index contributed by atoms with van der Waals surface area (Å²) in [7, 11) is 0. The van der Waals surface area contributed by atoms with Crippen molar-refractivity contribution in [1.29, 1.82) is 0 Å². The van der Waals surface area contributed by atoms with Gasteiger partial charge in [-0.2, -0.15) is 0 Å². The number of aromatic nitrogens is 1. The van der Waals surface area contributed by atoms with Crippen molar-refractivity contribution >= 4 is 16.6 Å². The average molecular weight is 226 g/mol. The van der Waals surface area contributed by atoms with Crippen LogP contribution in [0, 0.1) is 5.92 Å². The van der Waals surface area contributed by atoms with E-state index in [1.165, 1.54) is 23.6 Å². The van der Waals surface area contributed by atoms with Crippen molar-refractivity contribution < 1.29 is 0 Å². The minimum atomic E-state index is 0.782. The third-order valence-corrected chi connectivity index (χ3v) is 3.61. The van der Waals surface area contributed by atoms with Crippen LogP contribution < -0.4 is 4.90 Å². The van der Waals surface area contributed by atoms with Crippen molar-refractivity contribution in [1.82, 2.24) is 4.98 Å². The Labute approximate surface area is 102 Å². The Bertz CT molecular complexity index is 516. The molecule has 0 radical (unpaired) electrons. The maximum atomic E-state index is 4.59. The number of hydrogen-bond donors (Lipinski definition) is 0. The second-order valence-electron chi connectivity index (χ2n) is 5.05. The Hall–Kier alpha value is -1.57. The highest BCUT2D eigenvalue weighted by molar-refractivity contribution is 5.92. The van der Waals surface area contributed by atoms with E-state index in [0.717, 1.165) is 24.8 Å². The van der Waals surface area contributed by atoms with Crippen molar-refractivity contribution in [3.05, 3.63) is 36.5 Å². The minimum absolute atomic E-state index is 0.782. The first-order chi connectivity index (χ1) is 8.34. The van der Waals surface area contributed by atoms with E-state index < -0.39 is 0 Å². The van der Waals surface area contributed by atoms with Gasteiger partial charge in [0, 0.05) is 24.7 Å². The van der Waals surface area contributed by atoms with E-state index in [9.17, 15) is 0 Å². The molecule has 3 rings (SSSR count). The van der Waals surface area contributed by atoms with Crippen LogP contribution in [0.2, 0.25) is 0 Å². The summed E-state index contributed by atoms with van der Waals surface area (Å²) in [6, 6.07) is 10.6. The second kappa shape index (κ2) is 4.36. The smallest absolute Gasteiger partial charge is 0.136 e. The number of anilines is 1. The molecule has 88 valence electrons. The van der Waals surface area contributed by atoms with E-state index in [1.54, 1.807) is 0 Å². The highest BCUT2D eigenvalue weighted by Crippen LogP contribution is 2.27. The summed E-state index contributed by atoms with van der Waals surface area (Å²) >= 11 is 0. The highest BCUT2D eigenvalue weighted by Gasteiger charge is 2.18. The number of rotatable bonds is 1. The molecular weight excluding hydrogens is 208 g/mol. The van der Waals surface area contributed by atoms with Crippen molar-refractivity contribution in [3.63, 3.8) is 0 Å². The summed E-state index contributed by atoms with van der Waals surface area (Å²) in [5.74, 6) is 1.94. The molecule has 1 aromatic carbocycles. The molecule has 1 unspecified atom stereocenters. The SMILES string of the molecule is CC1CCCN(c2nccc3ccccc23)C1. The van der Waals surface area contributed by atoms with Gasteiger partial charge in [-0.05, 0) is 30.2 Å². The van der Waals surface area contributed by atoms with Crippen molar-refractivity contribution in [2.75, 3.05) is 18.0 Å². The molecule has 0 spiro atoms. The summed E-state index contributed by atoms with van der Waals surface area (Å²) in [5, 5.41) is 2.57. The predicted octanol–water partition coefficient (Wildman–Crippen LogP) is 3.47. The molecular formula is C15H18N2. The first kappa shape index (κ1) is 10.6. The third kappa shape index (κ3) is 1.99. The Morgan fingerprint density at radius 3 is 3.00 bits per heavy atom. The molecule has 1 fully saturated rings. The molecule has 1 aliphatic heterocycles. The van der Waals surface area contributed by atoms with Gasteiger partial charge in [0.15, 0.2) is 0 Å². The van der Waals surface area contributed by atoms with Gasteiger partial charge in [0.25, 0.3) is 0 Å². The van der Waals surface area contributed by atoms with Crippen LogP contribution in [0.3, 0.4) is 0 Å². The predicted molar refractivity (Wildman–Crippen MR) is 72.4 cm³/mol. The number of pyridine rings is 1. The Balaban J connectivity index is 2.04. The standard InChI is InChI=1S/C15H18N2/c1-12-5-4-10-17(11-12)15-14-7-3-2-6-13(14)8-9-16-15/h2-3,6-9,12H,4-5,10-11H2,1H3. The topological polar surface area (TPSA) is 16.1 Å². The molecule has 0 bridgehead atoms. The number of nitrogens with zero attached hydrogens (tertiary/aromatic N) is 2. The van der Waals surface area contributed by atoms with Gasteiger partial charge in [-0.3, -0.25) is 0 Å². The van der Waals surface area contributed by atoms with E-state index in [1.807, 2.05) is 6.20 Å². The van der Waals surface area contributed by atoms with Gasteiger partial charge in [0.05, 0.1) is 0 Å². The minimum Gasteiger partial charge on any atom is -0.356 e. The van der Waals surface area contributed by atoms with E-state index >= 15 is 0 Å². The summed E-state index contributed by atoms with van der Waals surface area (Å²) in [6.07, 6.45) is 4.56. The summed E-state index contributed by atoms with van der Waals surface area (Å²) in [6.45, 7) is 4.61. The molecule has 0 aliphatic carbocycles. The molecule has 1 aliphatic rings. The number of piperidine rings is 1. The largest absolute Gasteiger partial charge is 0.356 e. The van der Waals surface area contributed by atoms with Crippen LogP contribution in [0.5, 0.6) is 0 Å². The summed E-state index contributed by atoms with van der Waals surface area (Å²) in [4.78, 5) is 7.03. The van der Waals surface area contributed by atoms with Crippen LogP contribution in [0.25, 0.3) is 10.8 Å². The number of fused-ring (bicyclic) bond motifs is 1. The van der Waals surface area contributed by atoms with Crippen LogP contribution in [-0.4, -0.2) is 18.1 Å². The molecule has 2 nitrogen and oxygen atoms in total. The monoisotopic (exact) mass is 226 g/mol. The van der Waals surface area contributed by atoms with E-state index in [-0.39, 0.29) is 0 Å². The van der Waals surface area contributed by atoms with Gasteiger partial charge in [0.2, 0.25) is 0 Å². The fourth-order valence-corrected chi connectivity index (χ4v) is 2.74. The maximum Gasteiger partial charge on any atom is 0.136 e. The highest BCUT2D eigenvalue weighted by atomic mass is 15.2.